The molecule has 3 nitrogen and oxygen atoms in total. The second-order valence-corrected chi connectivity index (χ2v) is 4.30. The second kappa shape index (κ2) is 6.52. The van der Waals surface area contributed by atoms with Gasteiger partial charge in [0, 0.05) is 0 Å². The second-order valence-electron chi connectivity index (χ2n) is 3.89. The van der Waals surface area contributed by atoms with Crippen LogP contribution in [0.15, 0.2) is 24.3 Å². The Balaban J connectivity index is 2.98. The third-order valence-electron chi connectivity index (χ3n) is 2.19. The molecule has 0 amide bonds. The number of hydrogen-bond donors (Lipinski definition) is 1. The van der Waals surface area contributed by atoms with Crippen molar-refractivity contribution in [2.45, 2.75) is 13.3 Å². The first-order valence-electron chi connectivity index (χ1n) is 5.42. The number of ether oxygens (including phenoxy) is 2. The van der Waals surface area contributed by atoms with Gasteiger partial charge in [-0.25, -0.2) is 0 Å². The van der Waals surface area contributed by atoms with E-state index in [2.05, 4.69) is 6.58 Å². The Morgan fingerprint density at radius 2 is 2.18 bits per heavy atom. The van der Waals surface area contributed by atoms with Crippen molar-refractivity contribution in [3.8, 4) is 11.5 Å². The maximum atomic E-state index is 6.16. The van der Waals surface area contributed by atoms with E-state index >= 15 is 0 Å². The van der Waals surface area contributed by atoms with Gasteiger partial charge in [-0.1, -0.05) is 18.2 Å². The summed E-state index contributed by atoms with van der Waals surface area (Å²) in [5.74, 6) is 1.18. The summed E-state index contributed by atoms with van der Waals surface area (Å²) in [5, 5.41) is 0.536. The smallest absolute Gasteiger partial charge is 0.180 e. The van der Waals surface area contributed by atoms with E-state index in [9.17, 15) is 0 Å². The predicted octanol–water partition coefficient (Wildman–Crippen LogP) is 2.80. The minimum absolute atomic E-state index is 0.423. The van der Waals surface area contributed by atoms with E-state index in [0.717, 1.165) is 17.6 Å². The van der Waals surface area contributed by atoms with Gasteiger partial charge in [-0.15, -0.1) is 0 Å². The van der Waals surface area contributed by atoms with Gasteiger partial charge < -0.3 is 15.2 Å². The average molecular weight is 256 g/mol. The lowest BCUT2D eigenvalue weighted by Crippen LogP contribution is -2.05. The Labute approximate surface area is 107 Å². The molecule has 1 aromatic carbocycles. The Hall–Kier alpha value is -1.19. The van der Waals surface area contributed by atoms with E-state index in [1.165, 1.54) is 0 Å². The molecule has 0 spiro atoms. The standard InChI is InChI=1S/C13H18ClNO2/c1-9(2)8-17-13-11(14)6-10(4-5-15)7-12(13)16-3/h6-7H,1,4-5,8,15H2,2-3H3. The minimum Gasteiger partial charge on any atom is -0.493 e. The summed E-state index contributed by atoms with van der Waals surface area (Å²) in [6.07, 6.45) is 0.761. The largest absolute Gasteiger partial charge is 0.493 e. The Bertz CT molecular complexity index is 405. The summed E-state index contributed by atoms with van der Waals surface area (Å²) in [6, 6.07) is 3.75. The van der Waals surface area contributed by atoms with Crippen molar-refractivity contribution in [2.75, 3.05) is 20.3 Å². The molecule has 4 heteroatoms. The predicted molar refractivity (Wildman–Crippen MR) is 71.1 cm³/mol. The zero-order valence-corrected chi connectivity index (χ0v) is 11.0. The number of rotatable bonds is 6. The molecule has 0 heterocycles. The first kappa shape index (κ1) is 13.9. The molecule has 0 bridgehead atoms. The SMILES string of the molecule is C=C(C)COc1c(Cl)cc(CCN)cc1OC. The summed E-state index contributed by atoms with van der Waals surface area (Å²) < 4.78 is 10.8. The van der Waals surface area contributed by atoms with E-state index < -0.39 is 0 Å². The number of hydrogen-bond acceptors (Lipinski definition) is 3. The van der Waals surface area contributed by atoms with Crippen molar-refractivity contribution in [1.29, 1.82) is 0 Å². The van der Waals surface area contributed by atoms with Crippen molar-refractivity contribution >= 4 is 11.6 Å². The highest BCUT2D eigenvalue weighted by atomic mass is 35.5. The van der Waals surface area contributed by atoms with Crippen LogP contribution in [0.2, 0.25) is 5.02 Å². The summed E-state index contributed by atoms with van der Waals surface area (Å²) in [5.41, 5.74) is 7.48. The average Bonchev–Trinajstić information content (AvgIpc) is 2.27. The first-order valence-corrected chi connectivity index (χ1v) is 5.80. The van der Waals surface area contributed by atoms with Crippen LogP contribution in [0.1, 0.15) is 12.5 Å². The number of nitrogens with two attached hydrogens (primary N) is 1. The van der Waals surface area contributed by atoms with Crippen LogP contribution in [0.4, 0.5) is 0 Å². The highest BCUT2D eigenvalue weighted by Crippen LogP contribution is 2.36. The Morgan fingerprint density at radius 3 is 2.71 bits per heavy atom. The van der Waals surface area contributed by atoms with Crippen LogP contribution in [0.5, 0.6) is 11.5 Å². The molecular formula is C13H18ClNO2. The topological polar surface area (TPSA) is 44.5 Å². The van der Waals surface area contributed by atoms with Crippen LogP contribution < -0.4 is 15.2 Å². The molecule has 0 saturated heterocycles. The quantitative estimate of drug-likeness (QED) is 0.795. The van der Waals surface area contributed by atoms with E-state index in [4.69, 9.17) is 26.8 Å². The fourth-order valence-electron chi connectivity index (χ4n) is 1.42. The van der Waals surface area contributed by atoms with E-state index in [1.54, 1.807) is 7.11 Å². The van der Waals surface area contributed by atoms with Gasteiger partial charge >= 0.3 is 0 Å². The summed E-state index contributed by atoms with van der Waals surface area (Å²) in [7, 11) is 1.59. The van der Waals surface area contributed by atoms with E-state index in [1.807, 2.05) is 19.1 Å². The van der Waals surface area contributed by atoms with Crippen molar-refractivity contribution in [1.82, 2.24) is 0 Å². The van der Waals surface area contributed by atoms with Crippen LogP contribution in [0.3, 0.4) is 0 Å². The molecule has 0 aliphatic heterocycles. The molecular weight excluding hydrogens is 238 g/mol. The van der Waals surface area contributed by atoms with Crippen molar-refractivity contribution in [3.63, 3.8) is 0 Å². The Kier molecular flexibility index (Phi) is 5.32. The van der Waals surface area contributed by atoms with E-state index in [0.29, 0.717) is 29.7 Å². The zero-order chi connectivity index (χ0) is 12.8. The zero-order valence-electron chi connectivity index (χ0n) is 10.3. The van der Waals surface area contributed by atoms with Crippen molar-refractivity contribution in [3.05, 3.63) is 34.9 Å². The fourth-order valence-corrected chi connectivity index (χ4v) is 1.71. The lowest BCUT2D eigenvalue weighted by atomic mass is 10.1. The van der Waals surface area contributed by atoms with Gasteiger partial charge in [0.05, 0.1) is 12.1 Å². The molecule has 1 aromatic rings. The third-order valence-corrected chi connectivity index (χ3v) is 2.47. The van der Waals surface area contributed by atoms with E-state index in [-0.39, 0.29) is 0 Å². The maximum Gasteiger partial charge on any atom is 0.180 e. The summed E-state index contributed by atoms with van der Waals surface area (Å²) in [4.78, 5) is 0. The van der Waals surface area contributed by atoms with Gasteiger partial charge in [0.15, 0.2) is 11.5 Å². The number of methoxy groups -OCH3 is 1. The van der Waals surface area contributed by atoms with Crippen molar-refractivity contribution < 1.29 is 9.47 Å². The van der Waals surface area contributed by atoms with Gasteiger partial charge in [0.2, 0.25) is 0 Å². The molecule has 1 rings (SSSR count). The molecule has 2 N–H and O–H groups in total. The highest BCUT2D eigenvalue weighted by Gasteiger charge is 2.11. The normalized spacial score (nSPS) is 10.1. The first-order chi connectivity index (χ1) is 8.08. The number of halogens is 1. The molecule has 0 aliphatic carbocycles. The van der Waals surface area contributed by atoms with Gasteiger partial charge in [0.25, 0.3) is 0 Å². The molecule has 0 aromatic heterocycles. The van der Waals surface area contributed by atoms with Gasteiger partial charge in [0.1, 0.15) is 6.61 Å². The maximum absolute atomic E-state index is 6.16. The highest BCUT2D eigenvalue weighted by molar-refractivity contribution is 6.32. The van der Waals surface area contributed by atoms with Gasteiger partial charge in [-0.2, -0.15) is 0 Å². The van der Waals surface area contributed by atoms with Crippen LogP contribution in [0, 0.1) is 0 Å². The van der Waals surface area contributed by atoms with Crippen LogP contribution in [-0.4, -0.2) is 20.3 Å². The van der Waals surface area contributed by atoms with Gasteiger partial charge in [-0.3, -0.25) is 0 Å². The fraction of sp³-hybridized carbons (Fsp3) is 0.385. The lowest BCUT2D eigenvalue weighted by Gasteiger charge is -2.14. The number of benzene rings is 1. The van der Waals surface area contributed by atoms with Gasteiger partial charge in [-0.05, 0) is 43.2 Å². The molecule has 0 saturated carbocycles. The molecule has 0 radical (unpaired) electrons. The molecule has 0 aliphatic rings. The molecule has 0 fully saturated rings. The van der Waals surface area contributed by atoms with Crippen LogP contribution >= 0.6 is 11.6 Å². The van der Waals surface area contributed by atoms with Crippen LogP contribution in [-0.2, 0) is 6.42 Å². The molecule has 17 heavy (non-hydrogen) atoms. The van der Waals surface area contributed by atoms with Crippen LogP contribution in [0.25, 0.3) is 0 Å². The van der Waals surface area contributed by atoms with Crippen molar-refractivity contribution in [2.24, 2.45) is 5.73 Å². The Morgan fingerprint density at radius 1 is 1.47 bits per heavy atom. The summed E-state index contributed by atoms with van der Waals surface area (Å²) in [6.45, 7) is 6.67. The summed E-state index contributed by atoms with van der Waals surface area (Å²) >= 11 is 6.16. The molecule has 94 valence electrons. The monoisotopic (exact) mass is 255 g/mol. The molecule has 0 atom stereocenters. The lowest BCUT2D eigenvalue weighted by molar-refractivity contribution is 0.319. The minimum atomic E-state index is 0.423. The molecule has 0 unspecified atom stereocenters. The third kappa shape index (κ3) is 3.95.